The van der Waals surface area contributed by atoms with Crippen molar-refractivity contribution in [1.82, 2.24) is 0 Å². The third-order valence-corrected chi connectivity index (χ3v) is 12.2. The Morgan fingerprint density at radius 2 is 1.57 bits per heavy atom. The molecule has 5 rings (SSSR count). The van der Waals surface area contributed by atoms with Crippen LogP contribution < -0.4 is 22.9 Å². The van der Waals surface area contributed by atoms with Gasteiger partial charge in [-0.3, -0.25) is 0 Å². The molecule has 0 saturated heterocycles. The molecule has 9 unspecified atom stereocenters. The van der Waals surface area contributed by atoms with Gasteiger partial charge < -0.3 is 27.7 Å². The van der Waals surface area contributed by atoms with Gasteiger partial charge in [-0.15, -0.1) is 0 Å². The van der Waals surface area contributed by atoms with Crippen LogP contribution in [0.4, 0.5) is 11.4 Å². The molecule has 3 saturated carbocycles. The van der Waals surface area contributed by atoms with Gasteiger partial charge in [0.05, 0.1) is 5.56 Å². The van der Waals surface area contributed by atoms with Gasteiger partial charge in [0.25, 0.3) is 0 Å². The number of carbonyl (C=O) groups is 1. The average molecular weight is 637 g/mol. The van der Waals surface area contributed by atoms with Crippen molar-refractivity contribution in [2.24, 2.45) is 63.7 Å². The topological polar surface area (TPSA) is 130 Å². The molecule has 1 aromatic carbocycles. The lowest BCUT2D eigenvalue weighted by molar-refractivity contribution is -0.0844. The highest BCUT2D eigenvalue weighted by molar-refractivity contribution is 5.91. The number of hydrogen-bond acceptors (Lipinski definition) is 6. The summed E-state index contributed by atoms with van der Waals surface area (Å²) in [5.41, 5.74) is 25.1. The Balaban J connectivity index is 0.000000648. The van der Waals surface area contributed by atoms with Crippen LogP contribution in [0.2, 0.25) is 0 Å². The van der Waals surface area contributed by atoms with Crippen molar-refractivity contribution in [2.45, 2.75) is 126 Å². The second-order valence-corrected chi connectivity index (χ2v) is 15.7. The molecule has 0 heterocycles. The van der Waals surface area contributed by atoms with Gasteiger partial charge in [-0.25, -0.2) is 4.79 Å². The molecule has 3 fully saturated rings. The Labute approximate surface area is 281 Å². The number of esters is 1. The minimum absolute atomic E-state index is 0.0409. The molecular formula is C40H68N4O2. The highest BCUT2D eigenvalue weighted by atomic mass is 16.5. The lowest BCUT2D eigenvalue weighted by atomic mass is 9.46. The summed E-state index contributed by atoms with van der Waals surface area (Å²) in [6, 6.07) is 4.99. The summed E-state index contributed by atoms with van der Waals surface area (Å²) in [4.78, 5) is 12.9. The largest absolute Gasteiger partial charge is 0.459 e. The van der Waals surface area contributed by atoms with Crippen LogP contribution in [0.25, 0.3) is 0 Å². The first-order valence-corrected chi connectivity index (χ1v) is 18.5. The number of allylic oxidation sites excluding steroid dienone is 3. The Morgan fingerprint density at radius 1 is 0.935 bits per heavy atom. The Bertz CT molecular complexity index is 1170. The van der Waals surface area contributed by atoms with Gasteiger partial charge in [-0.1, -0.05) is 86.0 Å². The van der Waals surface area contributed by atoms with E-state index >= 15 is 0 Å². The summed E-state index contributed by atoms with van der Waals surface area (Å²) >= 11 is 0. The fourth-order valence-corrected chi connectivity index (χ4v) is 9.91. The molecule has 0 amide bonds. The van der Waals surface area contributed by atoms with Crippen molar-refractivity contribution in [3.05, 3.63) is 47.7 Å². The van der Waals surface area contributed by atoms with Crippen LogP contribution in [-0.4, -0.2) is 18.6 Å². The zero-order chi connectivity index (χ0) is 34.2. The van der Waals surface area contributed by atoms with Crippen molar-refractivity contribution < 1.29 is 9.53 Å². The molecule has 8 N–H and O–H groups in total. The van der Waals surface area contributed by atoms with Crippen molar-refractivity contribution in [3.8, 4) is 0 Å². The van der Waals surface area contributed by atoms with Crippen molar-refractivity contribution in [3.63, 3.8) is 0 Å². The van der Waals surface area contributed by atoms with Crippen molar-refractivity contribution in [1.29, 1.82) is 0 Å². The van der Waals surface area contributed by atoms with E-state index in [1.807, 2.05) is 20.8 Å². The molecule has 0 spiro atoms. The summed E-state index contributed by atoms with van der Waals surface area (Å²) < 4.78 is 6.01. The first-order chi connectivity index (χ1) is 21.8. The fraction of sp³-hybridized carbons (Fsp3) is 0.725. The molecule has 0 bridgehead atoms. The SMILES string of the molecule is C/C(N)=C\CN.CC.CC(C)CCCC(C)C1CCC2C3C=CC4CC(OC(=O)c5cc(N)cc(N)c5)CCC4(C)C3CCC12C. The third-order valence-electron chi connectivity index (χ3n) is 12.2. The molecular weight excluding hydrogens is 568 g/mol. The van der Waals surface area contributed by atoms with Gasteiger partial charge in [-0.05, 0) is 122 Å². The maximum atomic E-state index is 12.9. The zero-order valence-corrected chi connectivity index (χ0v) is 30.5. The van der Waals surface area contributed by atoms with Gasteiger partial charge in [-0.2, -0.15) is 0 Å². The highest BCUT2D eigenvalue weighted by Crippen LogP contribution is 2.67. The van der Waals surface area contributed by atoms with E-state index in [-0.39, 0.29) is 12.1 Å². The van der Waals surface area contributed by atoms with Gasteiger partial charge in [0.2, 0.25) is 0 Å². The number of nitrogens with two attached hydrogens (primary N) is 4. The predicted octanol–water partition coefficient (Wildman–Crippen LogP) is 9.11. The smallest absolute Gasteiger partial charge is 0.338 e. The first-order valence-electron chi connectivity index (χ1n) is 18.5. The van der Waals surface area contributed by atoms with Crippen LogP contribution in [0.3, 0.4) is 0 Å². The fourth-order valence-electron chi connectivity index (χ4n) is 9.91. The Hall–Kier alpha value is -2.47. The zero-order valence-electron chi connectivity index (χ0n) is 30.5. The lowest BCUT2D eigenvalue weighted by Crippen LogP contribution is -2.52. The molecule has 6 nitrogen and oxygen atoms in total. The van der Waals surface area contributed by atoms with E-state index in [0.29, 0.717) is 40.2 Å². The van der Waals surface area contributed by atoms with Crippen LogP contribution in [0.5, 0.6) is 0 Å². The number of anilines is 2. The maximum Gasteiger partial charge on any atom is 0.338 e. The molecule has 1 aromatic rings. The van der Waals surface area contributed by atoms with E-state index < -0.39 is 0 Å². The summed E-state index contributed by atoms with van der Waals surface area (Å²) in [6.45, 7) is 18.8. The highest BCUT2D eigenvalue weighted by Gasteiger charge is 2.59. The van der Waals surface area contributed by atoms with E-state index in [0.717, 1.165) is 60.5 Å². The molecule has 46 heavy (non-hydrogen) atoms. The van der Waals surface area contributed by atoms with Crippen LogP contribution in [0.1, 0.15) is 130 Å². The lowest BCUT2D eigenvalue weighted by Gasteiger charge is -2.59. The van der Waals surface area contributed by atoms with Crippen molar-refractivity contribution >= 4 is 17.3 Å². The normalized spacial score (nSPS) is 33.7. The van der Waals surface area contributed by atoms with Gasteiger partial charge in [0.1, 0.15) is 6.10 Å². The van der Waals surface area contributed by atoms with Crippen LogP contribution in [0, 0.1) is 52.3 Å². The number of hydrogen-bond donors (Lipinski definition) is 4. The number of carbonyl (C=O) groups excluding carboxylic acids is 1. The van der Waals surface area contributed by atoms with E-state index in [1.54, 1.807) is 24.3 Å². The third kappa shape index (κ3) is 8.70. The summed E-state index contributed by atoms with van der Waals surface area (Å²) in [5, 5.41) is 0. The summed E-state index contributed by atoms with van der Waals surface area (Å²) in [6.07, 6.45) is 19.6. The molecule has 4 aliphatic carbocycles. The molecule has 9 atom stereocenters. The number of fused-ring (bicyclic) bond motifs is 5. The Kier molecular flexibility index (Phi) is 13.7. The minimum Gasteiger partial charge on any atom is -0.459 e. The molecule has 0 radical (unpaired) electrons. The second kappa shape index (κ2) is 16.6. The van der Waals surface area contributed by atoms with E-state index in [4.69, 9.17) is 27.7 Å². The summed E-state index contributed by atoms with van der Waals surface area (Å²) in [7, 11) is 0. The maximum absolute atomic E-state index is 12.9. The second-order valence-electron chi connectivity index (χ2n) is 15.7. The number of benzene rings is 1. The molecule has 4 aliphatic rings. The quantitative estimate of drug-likeness (QED) is 0.128. The first kappa shape index (κ1) is 38.0. The average Bonchev–Trinajstić information content (AvgIpc) is 3.35. The number of nitrogen functional groups attached to an aromatic ring is 2. The summed E-state index contributed by atoms with van der Waals surface area (Å²) in [5.74, 6) is 5.04. The minimum atomic E-state index is -0.303. The van der Waals surface area contributed by atoms with Crippen LogP contribution >= 0.6 is 0 Å². The number of rotatable bonds is 8. The van der Waals surface area contributed by atoms with Gasteiger partial charge in [0, 0.05) is 23.6 Å². The van der Waals surface area contributed by atoms with E-state index in [9.17, 15) is 4.79 Å². The van der Waals surface area contributed by atoms with Crippen molar-refractivity contribution in [2.75, 3.05) is 18.0 Å². The molecule has 260 valence electrons. The Morgan fingerprint density at radius 3 is 2.15 bits per heavy atom. The van der Waals surface area contributed by atoms with E-state index in [1.165, 1.54) is 44.9 Å². The monoisotopic (exact) mass is 637 g/mol. The van der Waals surface area contributed by atoms with Gasteiger partial charge in [0.15, 0.2) is 0 Å². The van der Waals surface area contributed by atoms with Gasteiger partial charge >= 0.3 is 5.97 Å². The van der Waals surface area contributed by atoms with E-state index in [2.05, 4.69) is 46.8 Å². The molecule has 0 aliphatic heterocycles. The standard InChI is InChI=1S/C34H52N2O2.C4H10N2.C2H6/c1-21(2)7-6-8-22(3)29-11-12-30-28-10-9-24-19-27(38-32(37)23-17-25(35)20-26(36)18-23)13-15-33(24,4)31(28)14-16-34(29,30)5;1-4(6)2-3-5;1-2/h9-10,17-18,20-22,24,27-31H,6-8,11-16,19,35-36H2,1-5H3;2H,3,5-6H2,1H3;1-2H3/b;4-2+;. The van der Waals surface area contributed by atoms with Crippen LogP contribution in [-0.2, 0) is 4.74 Å². The molecule has 0 aromatic heterocycles. The molecule has 6 heteroatoms. The predicted molar refractivity (Wildman–Crippen MR) is 196 cm³/mol. The van der Waals surface area contributed by atoms with Crippen LogP contribution in [0.15, 0.2) is 42.1 Å². The number of ether oxygens (including phenoxy) is 1.